The second kappa shape index (κ2) is 9.47. The summed E-state index contributed by atoms with van der Waals surface area (Å²) < 4.78 is 13.5. The molecule has 8 heteroatoms. The summed E-state index contributed by atoms with van der Waals surface area (Å²) in [4.78, 5) is 7.31. The number of nitrogens with one attached hydrogen (secondary N) is 1. The van der Waals surface area contributed by atoms with Crippen LogP contribution in [0.15, 0.2) is 29.3 Å². The minimum atomic E-state index is 0.181. The highest BCUT2D eigenvalue weighted by atomic mass is 16.5. The minimum absolute atomic E-state index is 0.181. The molecule has 0 aliphatic carbocycles. The van der Waals surface area contributed by atoms with Crippen LogP contribution in [0.4, 0.5) is 0 Å². The Morgan fingerprint density at radius 1 is 1.30 bits per heavy atom. The van der Waals surface area contributed by atoms with E-state index in [1.807, 2.05) is 37.6 Å². The maximum Gasteiger partial charge on any atom is 0.194 e. The monoisotopic (exact) mass is 412 g/mol. The fraction of sp³-hybridized carbons (Fsp3) is 0.591. The SMILES string of the molecule is CCOCC1CCN(C(=NCc2nnc(C)n2C)NC2CCOc3ccccc32)C1. The third-order valence-corrected chi connectivity index (χ3v) is 5.96. The first-order chi connectivity index (χ1) is 14.7. The van der Waals surface area contributed by atoms with Crippen LogP contribution in [0.25, 0.3) is 0 Å². The van der Waals surface area contributed by atoms with Crippen LogP contribution in [0, 0.1) is 12.8 Å². The van der Waals surface area contributed by atoms with E-state index in [0.29, 0.717) is 19.1 Å². The summed E-state index contributed by atoms with van der Waals surface area (Å²) in [6.07, 6.45) is 2.03. The Balaban J connectivity index is 1.53. The number of aromatic nitrogens is 3. The molecule has 0 amide bonds. The highest BCUT2D eigenvalue weighted by molar-refractivity contribution is 5.81. The van der Waals surface area contributed by atoms with Crippen molar-refractivity contribution in [3.63, 3.8) is 0 Å². The molecule has 2 unspecified atom stereocenters. The van der Waals surface area contributed by atoms with Gasteiger partial charge in [0.2, 0.25) is 0 Å². The lowest BCUT2D eigenvalue weighted by molar-refractivity contribution is 0.114. The third-order valence-electron chi connectivity index (χ3n) is 5.96. The maximum atomic E-state index is 5.84. The van der Waals surface area contributed by atoms with Gasteiger partial charge in [0.05, 0.1) is 19.3 Å². The standard InChI is InChI=1S/C22H32N6O2/c1-4-29-15-17-9-11-28(14-17)22(23-13-21-26-25-16(2)27(21)3)24-19-10-12-30-20-8-6-5-7-18(19)20/h5-8,17,19H,4,9-15H2,1-3H3,(H,23,24). The van der Waals surface area contributed by atoms with Crippen LogP contribution in [0.1, 0.15) is 43.0 Å². The number of nitrogens with zero attached hydrogens (tertiary/aromatic N) is 5. The summed E-state index contributed by atoms with van der Waals surface area (Å²) in [6, 6.07) is 8.44. The molecule has 1 aromatic heterocycles. The van der Waals surface area contributed by atoms with Crippen molar-refractivity contribution in [2.24, 2.45) is 18.0 Å². The molecule has 2 atom stereocenters. The lowest BCUT2D eigenvalue weighted by Crippen LogP contribution is -2.43. The Kier molecular flexibility index (Phi) is 6.52. The number of guanidine groups is 1. The maximum absolute atomic E-state index is 5.84. The zero-order valence-corrected chi connectivity index (χ0v) is 18.2. The van der Waals surface area contributed by atoms with E-state index >= 15 is 0 Å². The van der Waals surface area contributed by atoms with Gasteiger partial charge in [0.15, 0.2) is 11.8 Å². The van der Waals surface area contributed by atoms with E-state index in [1.165, 1.54) is 5.56 Å². The van der Waals surface area contributed by atoms with E-state index in [4.69, 9.17) is 14.5 Å². The molecular formula is C22H32N6O2. The Bertz CT molecular complexity index is 880. The van der Waals surface area contributed by atoms with Crippen LogP contribution < -0.4 is 10.1 Å². The Hall–Kier alpha value is -2.61. The largest absolute Gasteiger partial charge is 0.493 e. The number of para-hydroxylation sites is 1. The molecule has 8 nitrogen and oxygen atoms in total. The number of hydrogen-bond acceptors (Lipinski definition) is 5. The second-order valence-corrected chi connectivity index (χ2v) is 7.99. The summed E-state index contributed by atoms with van der Waals surface area (Å²) in [5, 5.41) is 12.2. The number of aliphatic imine (C=N–C) groups is 1. The lowest BCUT2D eigenvalue weighted by Gasteiger charge is -2.31. The van der Waals surface area contributed by atoms with Crippen molar-refractivity contribution >= 4 is 5.96 Å². The first kappa shape index (κ1) is 20.7. The normalized spacial score (nSPS) is 21.4. The zero-order chi connectivity index (χ0) is 20.9. The van der Waals surface area contributed by atoms with Gasteiger partial charge in [-0.25, -0.2) is 4.99 Å². The molecular weight excluding hydrogens is 380 g/mol. The fourth-order valence-electron chi connectivity index (χ4n) is 4.06. The van der Waals surface area contributed by atoms with Crippen molar-refractivity contribution < 1.29 is 9.47 Å². The van der Waals surface area contributed by atoms with Crippen LogP contribution in [0.2, 0.25) is 0 Å². The predicted octanol–water partition coefficient (Wildman–Crippen LogP) is 2.45. The Labute approximate surface area is 178 Å². The van der Waals surface area contributed by atoms with Crippen LogP contribution in [-0.4, -0.2) is 58.5 Å². The molecule has 0 spiro atoms. The quantitative estimate of drug-likeness (QED) is 0.580. The number of fused-ring (bicyclic) bond motifs is 1. The fourth-order valence-corrected chi connectivity index (χ4v) is 4.06. The third kappa shape index (κ3) is 4.59. The molecule has 2 aromatic rings. The summed E-state index contributed by atoms with van der Waals surface area (Å²) in [7, 11) is 1.98. The number of likely N-dealkylation sites (tertiary alicyclic amines) is 1. The molecule has 1 aromatic carbocycles. The average molecular weight is 413 g/mol. The summed E-state index contributed by atoms with van der Waals surface area (Å²) in [5.41, 5.74) is 1.19. The molecule has 1 saturated heterocycles. The Morgan fingerprint density at radius 2 is 2.17 bits per heavy atom. The first-order valence-corrected chi connectivity index (χ1v) is 10.9. The molecule has 30 heavy (non-hydrogen) atoms. The molecule has 0 saturated carbocycles. The van der Waals surface area contributed by atoms with Crippen LogP contribution in [0.3, 0.4) is 0 Å². The highest BCUT2D eigenvalue weighted by Crippen LogP contribution is 2.32. The number of rotatable bonds is 6. The van der Waals surface area contributed by atoms with E-state index in [0.717, 1.165) is 62.5 Å². The second-order valence-electron chi connectivity index (χ2n) is 7.99. The van der Waals surface area contributed by atoms with Gasteiger partial charge in [0.1, 0.15) is 18.1 Å². The van der Waals surface area contributed by atoms with E-state index in [1.54, 1.807) is 0 Å². The first-order valence-electron chi connectivity index (χ1n) is 10.9. The molecule has 1 N–H and O–H groups in total. The molecule has 0 radical (unpaired) electrons. The summed E-state index contributed by atoms with van der Waals surface area (Å²) in [5.74, 6) is 4.18. The smallest absolute Gasteiger partial charge is 0.194 e. The highest BCUT2D eigenvalue weighted by Gasteiger charge is 2.28. The van der Waals surface area contributed by atoms with Gasteiger partial charge in [-0.15, -0.1) is 10.2 Å². The number of ether oxygens (including phenoxy) is 2. The summed E-state index contributed by atoms with van der Waals surface area (Å²) in [6.45, 7) is 8.71. The van der Waals surface area contributed by atoms with Gasteiger partial charge in [-0.1, -0.05) is 18.2 Å². The van der Waals surface area contributed by atoms with E-state index in [9.17, 15) is 0 Å². The topological polar surface area (TPSA) is 76.8 Å². The summed E-state index contributed by atoms with van der Waals surface area (Å²) >= 11 is 0. The van der Waals surface area contributed by atoms with Crippen molar-refractivity contribution in [1.29, 1.82) is 0 Å². The van der Waals surface area contributed by atoms with Gasteiger partial charge in [-0.05, 0) is 26.3 Å². The van der Waals surface area contributed by atoms with Gasteiger partial charge < -0.3 is 24.3 Å². The van der Waals surface area contributed by atoms with Crippen LogP contribution in [-0.2, 0) is 18.3 Å². The number of hydrogen-bond donors (Lipinski definition) is 1. The zero-order valence-electron chi connectivity index (χ0n) is 18.2. The molecule has 1 fully saturated rings. The van der Waals surface area contributed by atoms with Gasteiger partial charge >= 0.3 is 0 Å². The number of aryl methyl sites for hydroxylation is 1. The molecule has 0 bridgehead atoms. The van der Waals surface area contributed by atoms with Crippen molar-refractivity contribution in [2.45, 2.75) is 39.3 Å². The van der Waals surface area contributed by atoms with Gasteiger partial charge in [0, 0.05) is 44.6 Å². The molecule has 2 aliphatic rings. The van der Waals surface area contributed by atoms with Gasteiger partial charge in [0.25, 0.3) is 0 Å². The minimum Gasteiger partial charge on any atom is -0.493 e. The average Bonchev–Trinajstić information content (AvgIpc) is 3.37. The number of benzene rings is 1. The van der Waals surface area contributed by atoms with Crippen LogP contribution in [0.5, 0.6) is 5.75 Å². The lowest BCUT2D eigenvalue weighted by atomic mass is 10.0. The van der Waals surface area contributed by atoms with Crippen molar-refractivity contribution in [3.8, 4) is 5.75 Å². The van der Waals surface area contributed by atoms with Crippen molar-refractivity contribution in [3.05, 3.63) is 41.5 Å². The Morgan fingerprint density at radius 3 is 2.97 bits per heavy atom. The molecule has 2 aliphatic heterocycles. The van der Waals surface area contributed by atoms with Crippen molar-refractivity contribution in [1.82, 2.24) is 25.0 Å². The van der Waals surface area contributed by atoms with Crippen LogP contribution >= 0.6 is 0 Å². The van der Waals surface area contributed by atoms with E-state index < -0.39 is 0 Å². The predicted molar refractivity (Wildman–Crippen MR) is 115 cm³/mol. The van der Waals surface area contributed by atoms with Gasteiger partial charge in [-0.2, -0.15) is 0 Å². The van der Waals surface area contributed by atoms with Gasteiger partial charge in [-0.3, -0.25) is 0 Å². The molecule has 162 valence electrons. The van der Waals surface area contributed by atoms with E-state index in [2.05, 4.69) is 32.5 Å². The van der Waals surface area contributed by atoms with E-state index in [-0.39, 0.29) is 6.04 Å². The van der Waals surface area contributed by atoms with Crippen molar-refractivity contribution in [2.75, 3.05) is 32.9 Å². The molecule has 4 rings (SSSR count). The molecule has 3 heterocycles.